The summed E-state index contributed by atoms with van der Waals surface area (Å²) in [7, 11) is 0.733. The van der Waals surface area contributed by atoms with Crippen LogP contribution in [-0.4, -0.2) is 77.7 Å². The summed E-state index contributed by atoms with van der Waals surface area (Å²) >= 11 is 0. The number of sulfonamides is 1. The Kier molecular flexibility index (Phi) is 10.1. The van der Waals surface area contributed by atoms with Gasteiger partial charge < -0.3 is 25.2 Å². The summed E-state index contributed by atoms with van der Waals surface area (Å²) in [4.78, 5) is 25.6. The Morgan fingerprint density at radius 2 is 1.92 bits per heavy atom. The van der Waals surface area contributed by atoms with Crippen molar-refractivity contribution in [2.24, 2.45) is 0 Å². The highest BCUT2D eigenvalue weighted by Crippen LogP contribution is 2.24. The minimum Gasteiger partial charge on any atom is -0.491 e. The maximum Gasteiger partial charge on any atom is 0.251 e. The molecule has 10 nitrogen and oxygen atoms in total. The smallest absolute Gasteiger partial charge is 0.251 e. The quantitative estimate of drug-likeness (QED) is 0.480. The zero-order valence-electron chi connectivity index (χ0n) is 22.3. The molecule has 3 N–H and O–H groups in total. The van der Waals surface area contributed by atoms with Gasteiger partial charge in [0.05, 0.1) is 24.1 Å². The number of fused-ring (bicyclic) bond motifs is 4. The van der Waals surface area contributed by atoms with Crippen molar-refractivity contribution in [3.63, 3.8) is 0 Å². The lowest BCUT2D eigenvalue weighted by Crippen LogP contribution is -2.49. The first-order valence-electron chi connectivity index (χ1n) is 12.5. The summed E-state index contributed by atoms with van der Waals surface area (Å²) in [6.45, 7) is -0.0592. The number of benzene rings is 2. The minimum atomic E-state index is -3.55. The number of amides is 2. The van der Waals surface area contributed by atoms with Crippen molar-refractivity contribution in [3.8, 4) is 5.75 Å². The van der Waals surface area contributed by atoms with E-state index in [1.165, 1.54) is 27.3 Å². The molecule has 0 saturated carbocycles. The predicted molar refractivity (Wildman–Crippen MR) is 145 cm³/mol. The maximum absolute atomic E-state index is 13.4. The van der Waals surface area contributed by atoms with Crippen molar-refractivity contribution in [3.05, 3.63) is 59.2 Å². The van der Waals surface area contributed by atoms with E-state index >= 15 is 0 Å². The molecule has 4 bridgehead atoms. The number of anilines is 1. The number of carbonyl (C=O) groups is 2. The summed E-state index contributed by atoms with van der Waals surface area (Å²) in [5, 5.41) is 16.4. The van der Waals surface area contributed by atoms with Crippen molar-refractivity contribution in [2.45, 2.75) is 50.4 Å². The van der Waals surface area contributed by atoms with Gasteiger partial charge in [0.2, 0.25) is 15.9 Å². The fourth-order valence-corrected chi connectivity index (χ4v) is 4.80. The predicted octanol–water partition coefficient (Wildman–Crippen LogP) is 1.65. The molecule has 0 aromatic heterocycles. The Morgan fingerprint density at radius 3 is 2.58 bits per heavy atom. The Balaban J connectivity index is 1.98. The monoisotopic (exact) mass is 547 g/mol. The summed E-state index contributed by atoms with van der Waals surface area (Å²) < 4.78 is 36.8. The molecular formula is C27H37N3O7S. The molecule has 1 aliphatic rings. The van der Waals surface area contributed by atoms with E-state index in [0.29, 0.717) is 17.9 Å². The number of nitrogens with zero attached hydrogens (tertiary/aromatic N) is 1. The van der Waals surface area contributed by atoms with E-state index in [2.05, 4.69) is 10.6 Å². The summed E-state index contributed by atoms with van der Waals surface area (Å²) in [5.74, 6) is -0.291. The number of hydrogen-bond acceptors (Lipinski definition) is 7. The molecule has 0 unspecified atom stereocenters. The van der Waals surface area contributed by atoms with Gasteiger partial charge in [-0.1, -0.05) is 12.1 Å². The molecular weight excluding hydrogens is 510 g/mol. The number of carbonyl (C=O) groups excluding carboxylic acids is 2. The zero-order chi connectivity index (χ0) is 27.9. The molecule has 2 aromatic rings. The third kappa shape index (κ3) is 7.92. The second kappa shape index (κ2) is 13.1. The number of aryl methyl sites for hydroxylation is 2. The molecule has 38 heavy (non-hydrogen) atoms. The van der Waals surface area contributed by atoms with Crippen LogP contribution in [0.1, 0.15) is 40.7 Å². The molecule has 1 heterocycles. The van der Waals surface area contributed by atoms with Crippen molar-refractivity contribution < 1.29 is 32.6 Å². The molecule has 208 valence electrons. The second-order valence-electron chi connectivity index (χ2n) is 9.51. The van der Waals surface area contributed by atoms with E-state index in [1.807, 2.05) is 24.3 Å². The Bertz CT molecular complexity index is 1230. The van der Waals surface area contributed by atoms with Gasteiger partial charge in [-0.2, -0.15) is 0 Å². The molecule has 11 heteroatoms. The summed E-state index contributed by atoms with van der Waals surface area (Å²) in [6.07, 6.45) is 2.16. The number of rotatable bonds is 7. The zero-order valence-corrected chi connectivity index (χ0v) is 23.1. The fourth-order valence-electron chi connectivity index (χ4n) is 4.31. The van der Waals surface area contributed by atoms with Gasteiger partial charge in [-0.3, -0.25) is 13.9 Å². The first-order chi connectivity index (χ1) is 18.0. The normalized spacial score (nSPS) is 18.1. The first-order valence-corrected chi connectivity index (χ1v) is 14.4. The number of aliphatic hydroxyl groups is 1. The molecule has 3 rings (SSSR count). The lowest BCUT2D eigenvalue weighted by molar-refractivity contribution is -0.132. The largest absolute Gasteiger partial charge is 0.491 e. The van der Waals surface area contributed by atoms with Crippen molar-refractivity contribution in [2.75, 3.05) is 38.4 Å². The van der Waals surface area contributed by atoms with E-state index in [9.17, 15) is 23.1 Å². The number of methoxy groups -OCH3 is 1. The van der Waals surface area contributed by atoms with Crippen molar-refractivity contribution >= 4 is 27.5 Å². The maximum atomic E-state index is 13.4. The van der Waals surface area contributed by atoms with Gasteiger partial charge in [-0.15, -0.1) is 0 Å². The van der Waals surface area contributed by atoms with Crippen LogP contribution in [0.25, 0.3) is 0 Å². The Morgan fingerprint density at radius 1 is 1.21 bits per heavy atom. The molecule has 0 spiro atoms. The van der Waals surface area contributed by atoms with Crippen molar-refractivity contribution in [1.82, 2.24) is 10.6 Å². The van der Waals surface area contributed by atoms with Gasteiger partial charge in [0.25, 0.3) is 5.91 Å². The molecule has 2 aromatic carbocycles. The van der Waals surface area contributed by atoms with Gasteiger partial charge >= 0.3 is 0 Å². The van der Waals surface area contributed by atoms with Gasteiger partial charge in [0.1, 0.15) is 18.5 Å². The number of ether oxygens (including phenoxy) is 2. The molecule has 0 radical (unpaired) electrons. The topological polar surface area (TPSA) is 134 Å². The minimum absolute atomic E-state index is 0.0592. The highest BCUT2D eigenvalue weighted by Gasteiger charge is 2.29. The molecule has 1 aliphatic heterocycles. The number of aliphatic hydroxyl groups excluding tert-OH is 1. The van der Waals surface area contributed by atoms with E-state index < -0.39 is 40.1 Å². The number of nitrogens with one attached hydrogen (secondary N) is 2. The SMILES string of the molecule is CNC(=O)[C@@H](C[C@H](O)[C@@H]1COc2cccc(c2)CCCCc2cc(cc(N(C)S(C)(=O)=O)c2)C(=O)N1)OC. The second-order valence-corrected chi connectivity index (χ2v) is 11.5. The van der Waals surface area contributed by atoms with Crippen LogP contribution in [0.3, 0.4) is 0 Å². The molecule has 0 fully saturated rings. The van der Waals surface area contributed by atoms with Gasteiger partial charge in [0, 0.05) is 33.2 Å². The number of hydrogen-bond donors (Lipinski definition) is 3. The summed E-state index contributed by atoms with van der Waals surface area (Å²) in [5.41, 5.74) is 2.57. The lowest BCUT2D eigenvalue weighted by Gasteiger charge is -2.27. The van der Waals surface area contributed by atoms with Gasteiger partial charge in [0.15, 0.2) is 0 Å². The molecule has 2 amide bonds. The highest BCUT2D eigenvalue weighted by molar-refractivity contribution is 7.92. The van der Waals surface area contributed by atoms with Crippen LogP contribution in [0.4, 0.5) is 5.69 Å². The van der Waals surface area contributed by atoms with E-state index in [-0.39, 0.29) is 18.6 Å². The van der Waals surface area contributed by atoms with Gasteiger partial charge in [-0.25, -0.2) is 8.42 Å². The summed E-state index contributed by atoms with van der Waals surface area (Å²) in [6, 6.07) is 11.8. The average molecular weight is 548 g/mol. The molecule has 0 saturated heterocycles. The van der Waals surface area contributed by atoms with Crippen LogP contribution < -0.4 is 19.7 Å². The third-order valence-corrected chi connectivity index (χ3v) is 7.88. The Hall–Kier alpha value is -3.15. The van der Waals surface area contributed by atoms with Crippen molar-refractivity contribution in [1.29, 1.82) is 0 Å². The van der Waals surface area contributed by atoms with E-state index in [1.54, 1.807) is 12.1 Å². The van der Waals surface area contributed by atoms with Crippen LogP contribution in [0.5, 0.6) is 5.75 Å². The Labute approximate surface area is 224 Å². The fraction of sp³-hybridized carbons (Fsp3) is 0.481. The van der Waals surface area contributed by atoms with Crippen LogP contribution in [0.15, 0.2) is 42.5 Å². The van der Waals surface area contributed by atoms with Gasteiger partial charge in [-0.05, 0) is 67.1 Å². The molecule has 3 atom stereocenters. The van der Waals surface area contributed by atoms with E-state index in [0.717, 1.165) is 41.0 Å². The average Bonchev–Trinajstić information content (AvgIpc) is 2.90. The van der Waals surface area contributed by atoms with Crippen LogP contribution in [0, 0.1) is 0 Å². The molecule has 0 aliphatic carbocycles. The highest BCUT2D eigenvalue weighted by atomic mass is 32.2. The number of likely N-dealkylation sites (N-methyl/N-ethyl adjacent to an activating group) is 1. The van der Waals surface area contributed by atoms with Crippen LogP contribution in [-0.2, 0) is 32.4 Å². The van der Waals surface area contributed by atoms with E-state index in [4.69, 9.17) is 9.47 Å². The lowest BCUT2D eigenvalue weighted by atomic mass is 10.0. The first kappa shape index (κ1) is 29.4. The standard InChI is InChI=1S/C27H37N3O7S/c1-28-27(33)25(36-3)16-24(31)23-17-37-22-11-7-10-18(14-22)8-5-6-9-19-12-20(26(32)29-23)15-21(13-19)30(2)38(4,34)35/h7,10-15,23-25,31H,5-6,8-9,16-17H2,1-4H3,(H,28,33)(H,29,32)/t23-,24-,25+/m0/s1. The third-order valence-electron chi connectivity index (χ3n) is 6.67. The van der Waals surface area contributed by atoms with Crippen LogP contribution >= 0.6 is 0 Å². The van der Waals surface area contributed by atoms with Crippen LogP contribution in [0.2, 0.25) is 0 Å².